The topological polar surface area (TPSA) is 58.3 Å². The van der Waals surface area contributed by atoms with Crippen molar-refractivity contribution < 1.29 is 4.68 Å². The molecule has 0 amide bonds. The molecule has 0 fully saturated rings. The number of aromatic nitrogens is 5. The fraction of sp³-hybridized carbons (Fsp3) is 0. The lowest BCUT2D eigenvalue weighted by Gasteiger charge is -1.98. The van der Waals surface area contributed by atoms with E-state index in [0.717, 1.165) is 15.7 Å². The lowest BCUT2D eigenvalue weighted by molar-refractivity contribution is -0.697. The van der Waals surface area contributed by atoms with Crippen molar-refractivity contribution in [2.45, 2.75) is 10.1 Å². The van der Waals surface area contributed by atoms with Gasteiger partial charge in [0.1, 0.15) is 10.8 Å². The Morgan fingerprint density at radius 1 is 1.00 bits per heavy atom. The van der Waals surface area contributed by atoms with E-state index in [1.807, 2.05) is 47.1 Å². The van der Waals surface area contributed by atoms with Crippen LogP contribution in [0.2, 0.25) is 0 Å². The summed E-state index contributed by atoms with van der Waals surface area (Å²) >= 11 is 1.53. The Labute approximate surface area is 108 Å². The molecule has 0 radical (unpaired) electrons. The van der Waals surface area contributed by atoms with Gasteiger partial charge in [-0.3, -0.25) is 4.98 Å². The fourth-order valence-electron chi connectivity index (χ4n) is 1.52. The maximum atomic E-state index is 4.09. The molecule has 3 aromatic rings. The van der Waals surface area contributed by atoms with Gasteiger partial charge in [-0.2, -0.15) is 0 Å². The molecule has 88 valence electrons. The molecule has 5 nitrogen and oxygen atoms in total. The third-order valence-corrected chi connectivity index (χ3v) is 3.30. The molecule has 18 heavy (non-hydrogen) atoms. The van der Waals surface area contributed by atoms with E-state index in [1.165, 1.54) is 11.8 Å². The van der Waals surface area contributed by atoms with E-state index < -0.39 is 0 Å². The van der Waals surface area contributed by atoms with Gasteiger partial charge >= 0.3 is 5.16 Å². The number of hydrogen-bond donors (Lipinski definition) is 1. The number of H-pyrrole nitrogens is 1. The van der Waals surface area contributed by atoms with Crippen LogP contribution in [0.4, 0.5) is 0 Å². The van der Waals surface area contributed by atoms with E-state index in [1.54, 1.807) is 12.4 Å². The van der Waals surface area contributed by atoms with Gasteiger partial charge in [-0.25, -0.2) is 0 Å². The van der Waals surface area contributed by atoms with Crippen LogP contribution in [0.25, 0.3) is 5.69 Å². The zero-order chi connectivity index (χ0) is 12.2. The Morgan fingerprint density at radius 2 is 1.78 bits per heavy atom. The number of tetrazole rings is 1. The van der Waals surface area contributed by atoms with Gasteiger partial charge in [0.15, 0.2) is 5.21 Å². The molecule has 1 N–H and O–H groups in total. The molecule has 0 unspecified atom stereocenters. The van der Waals surface area contributed by atoms with E-state index in [2.05, 4.69) is 20.5 Å². The number of benzene rings is 1. The minimum atomic E-state index is 0.785. The van der Waals surface area contributed by atoms with Crippen LogP contribution in [0, 0.1) is 0 Å². The minimum absolute atomic E-state index is 0.785. The van der Waals surface area contributed by atoms with Crippen molar-refractivity contribution in [3.05, 3.63) is 54.9 Å². The molecule has 0 spiro atoms. The second kappa shape index (κ2) is 4.97. The van der Waals surface area contributed by atoms with Crippen LogP contribution in [0.1, 0.15) is 0 Å². The highest BCUT2D eigenvalue weighted by atomic mass is 32.2. The van der Waals surface area contributed by atoms with Crippen LogP contribution >= 0.6 is 11.8 Å². The molecule has 0 saturated carbocycles. The molecule has 0 aliphatic carbocycles. The molecular weight excluding hydrogens is 246 g/mol. The SMILES string of the molecule is c1ccc(-[n+]2[nH]nnc2Sc2ccncc2)cc1. The third kappa shape index (κ3) is 2.23. The van der Waals surface area contributed by atoms with Crippen molar-refractivity contribution in [1.82, 2.24) is 20.5 Å². The van der Waals surface area contributed by atoms with E-state index in [0.29, 0.717) is 0 Å². The maximum Gasteiger partial charge on any atom is 0.369 e. The predicted molar refractivity (Wildman–Crippen MR) is 66.3 cm³/mol. The largest absolute Gasteiger partial charge is 0.369 e. The molecule has 3 rings (SSSR count). The second-order valence-electron chi connectivity index (χ2n) is 3.54. The lowest BCUT2D eigenvalue weighted by atomic mass is 10.3. The standard InChI is InChI=1S/C12H9N5S/c1-2-4-10(5-3-1)17-12(14-15-16-17)18-11-6-8-13-9-7-11/h1-9H/p+1. The molecule has 0 atom stereocenters. The second-order valence-corrected chi connectivity index (χ2v) is 4.58. The maximum absolute atomic E-state index is 4.09. The van der Waals surface area contributed by atoms with Gasteiger partial charge in [-0.05, 0) is 36.0 Å². The quantitative estimate of drug-likeness (QED) is 0.724. The highest BCUT2D eigenvalue weighted by Gasteiger charge is 2.17. The summed E-state index contributed by atoms with van der Waals surface area (Å²) in [6.45, 7) is 0. The lowest BCUT2D eigenvalue weighted by Crippen LogP contribution is -2.34. The summed E-state index contributed by atoms with van der Waals surface area (Å²) in [4.78, 5) is 5.06. The average molecular weight is 256 g/mol. The number of pyridine rings is 1. The van der Waals surface area contributed by atoms with Crippen molar-refractivity contribution in [3.8, 4) is 5.69 Å². The van der Waals surface area contributed by atoms with Gasteiger partial charge in [-0.15, -0.1) is 4.68 Å². The van der Waals surface area contributed by atoms with E-state index in [-0.39, 0.29) is 0 Å². The Bertz CT molecular complexity index is 623. The molecule has 2 heterocycles. The first-order valence-corrected chi connectivity index (χ1v) is 6.21. The summed E-state index contributed by atoms with van der Waals surface area (Å²) in [6, 6.07) is 13.8. The summed E-state index contributed by atoms with van der Waals surface area (Å²) in [7, 11) is 0. The summed E-state index contributed by atoms with van der Waals surface area (Å²) in [6.07, 6.45) is 3.52. The normalized spacial score (nSPS) is 10.4. The molecule has 0 saturated heterocycles. The predicted octanol–water partition coefficient (Wildman–Crippen LogP) is 1.63. The first kappa shape index (κ1) is 10.9. The number of hydrogen-bond acceptors (Lipinski definition) is 4. The summed E-state index contributed by atoms with van der Waals surface area (Å²) in [5, 5.41) is 11.6. The van der Waals surface area contributed by atoms with E-state index >= 15 is 0 Å². The monoisotopic (exact) mass is 256 g/mol. The van der Waals surface area contributed by atoms with Crippen LogP contribution < -0.4 is 4.68 Å². The van der Waals surface area contributed by atoms with Gasteiger partial charge in [-0.1, -0.05) is 23.4 Å². The van der Waals surface area contributed by atoms with Gasteiger partial charge in [0.05, 0.1) is 0 Å². The molecule has 0 aliphatic rings. The van der Waals surface area contributed by atoms with Crippen LogP contribution in [0.5, 0.6) is 0 Å². The van der Waals surface area contributed by atoms with E-state index in [4.69, 9.17) is 0 Å². The average Bonchev–Trinajstić information content (AvgIpc) is 2.89. The summed E-state index contributed by atoms with van der Waals surface area (Å²) in [5.74, 6) is 0. The smallest absolute Gasteiger partial charge is 0.265 e. The molecular formula is C12H10N5S+. The van der Waals surface area contributed by atoms with Crippen molar-refractivity contribution in [2.75, 3.05) is 0 Å². The van der Waals surface area contributed by atoms with Crippen LogP contribution in [0.3, 0.4) is 0 Å². The van der Waals surface area contributed by atoms with Gasteiger partial charge in [0.25, 0.3) is 0 Å². The van der Waals surface area contributed by atoms with Gasteiger partial charge in [0.2, 0.25) is 0 Å². The van der Waals surface area contributed by atoms with Crippen molar-refractivity contribution in [1.29, 1.82) is 0 Å². The number of rotatable bonds is 3. The van der Waals surface area contributed by atoms with Gasteiger partial charge in [0, 0.05) is 17.3 Å². The Kier molecular flexibility index (Phi) is 3.01. The number of nitrogens with one attached hydrogen (secondary N) is 1. The fourth-order valence-corrected chi connectivity index (χ4v) is 2.31. The minimum Gasteiger partial charge on any atom is -0.265 e. The number of aromatic amines is 1. The van der Waals surface area contributed by atoms with Crippen LogP contribution in [-0.4, -0.2) is 20.5 Å². The van der Waals surface area contributed by atoms with Crippen LogP contribution in [-0.2, 0) is 0 Å². The number of nitrogens with zero attached hydrogens (tertiary/aromatic N) is 4. The molecule has 0 bridgehead atoms. The highest BCUT2D eigenvalue weighted by Crippen LogP contribution is 2.22. The zero-order valence-electron chi connectivity index (χ0n) is 9.39. The number of para-hydroxylation sites is 1. The van der Waals surface area contributed by atoms with Crippen molar-refractivity contribution in [2.24, 2.45) is 0 Å². The summed E-state index contributed by atoms with van der Waals surface area (Å²) < 4.78 is 1.84. The first-order valence-electron chi connectivity index (χ1n) is 5.40. The molecule has 6 heteroatoms. The van der Waals surface area contributed by atoms with Crippen molar-refractivity contribution >= 4 is 11.8 Å². The Balaban J connectivity index is 1.93. The zero-order valence-corrected chi connectivity index (χ0v) is 10.2. The highest BCUT2D eigenvalue weighted by molar-refractivity contribution is 7.99. The third-order valence-electron chi connectivity index (χ3n) is 2.34. The molecule has 0 aliphatic heterocycles. The first-order chi connectivity index (χ1) is 8.93. The molecule has 2 aromatic heterocycles. The van der Waals surface area contributed by atoms with E-state index in [9.17, 15) is 0 Å². The molecule has 1 aromatic carbocycles. The van der Waals surface area contributed by atoms with Crippen LogP contribution in [0.15, 0.2) is 64.9 Å². The van der Waals surface area contributed by atoms with Crippen molar-refractivity contribution in [3.63, 3.8) is 0 Å². The Hall–Kier alpha value is -2.21. The van der Waals surface area contributed by atoms with Gasteiger partial charge < -0.3 is 0 Å². The summed E-state index contributed by atoms with van der Waals surface area (Å²) in [5.41, 5.74) is 0.999. The Morgan fingerprint density at radius 3 is 2.56 bits per heavy atom.